The van der Waals surface area contributed by atoms with E-state index in [-0.39, 0.29) is 11.8 Å². The Bertz CT molecular complexity index is 472. The Morgan fingerprint density at radius 3 is 2.50 bits per heavy atom. The lowest BCUT2D eigenvalue weighted by Gasteiger charge is -2.34. The summed E-state index contributed by atoms with van der Waals surface area (Å²) in [5.41, 5.74) is 0. The minimum Gasteiger partial charge on any atom is -0.341 e. The van der Waals surface area contributed by atoms with E-state index in [2.05, 4.69) is 4.72 Å². The zero-order valence-corrected chi connectivity index (χ0v) is 14.6. The monoisotopic (exact) mass is 331 g/mol. The van der Waals surface area contributed by atoms with Crippen LogP contribution in [0.2, 0.25) is 0 Å². The molecule has 0 bridgehead atoms. The second-order valence-electron chi connectivity index (χ2n) is 6.77. The molecule has 1 heterocycles. The molecule has 1 aliphatic carbocycles. The molecule has 22 heavy (non-hydrogen) atoms. The van der Waals surface area contributed by atoms with Crippen LogP contribution in [-0.4, -0.2) is 69.6 Å². The first-order valence-electron chi connectivity index (χ1n) is 8.32. The molecule has 1 saturated heterocycles. The van der Waals surface area contributed by atoms with Crippen molar-refractivity contribution in [1.82, 2.24) is 14.5 Å². The summed E-state index contributed by atoms with van der Waals surface area (Å²) in [5, 5.41) is -0.464. The summed E-state index contributed by atoms with van der Waals surface area (Å²) in [6.07, 6.45) is 5.60. The Labute approximate surface area is 134 Å². The van der Waals surface area contributed by atoms with E-state index >= 15 is 0 Å². The van der Waals surface area contributed by atoms with Gasteiger partial charge in [0.1, 0.15) is 0 Å². The predicted octanol–water partition coefficient (Wildman–Crippen LogP) is 0.649. The van der Waals surface area contributed by atoms with Crippen LogP contribution in [0.3, 0.4) is 0 Å². The number of piperidine rings is 1. The topological polar surface area (TPSA) is 69.7 Å². The first kappa shape index (κ1) is 17.7. The molecule has 128 valence electrons. The van der Waals surface area contributed by atoms with Crippen LogP contribution < -0.4 is 4.72 Å². The van der Waals surface area contributed by atoms with Crippen molar-refractivity contribution in [2.45, 2.75) is 43.8 Å². The van der Waals surface area contributed by atoms with Gasteiger partial charge in [0.25, 0.3) is 0 Å². The van der Waals surface area contributed by atoms with E-state index in [1.165, 1.54) is 0 Å². The average Bonchev–Trinajstić information content (AvgIpc) is 3.00. The molecule has 2 rings (SSSR count). The van der Waals surface area contributed by atoms with Gasteiger partial charge in [-0.2, -0.15) is 0 Å². The third-order valence-electron chi connectivity index (χ3n) is 4.70. The zero-order valence-electron chi connectivity index (χ0n) is 13.8. The summed E-state index contributed by atoms with van der Waals surface area (Å²) in [6, 6.07) is 0. The van der Waals surface area contributed by atoms with E-state index in [0.717, 1.165) is 32.1 Å². The van der Waals surface area contributed by atoms with Crippen LogP contribution in [0.4, 0.5) is 0 Å². The number of sulfonamides is 1. The summed E-state index contributed by atoms with van der Waals surface area (Å²) < 4.78 is 27.5. The lowest BCUT2D eigenvalue weighted by Crippen LogP contribution is -2.50. The quantitative estimate of drug-likeness (QED) is 0.776. The van der Waals surface area contributed by atoms with Gasteiger partial charge in [-0.1, -0.05) is 12.8 Å². The molecule has 1 saturated carbocycles. The number of hydrogen-bond acceptors (Lipinski definition) is 4. The van der Waals surface area contributed by atoms with Crippen LogP contribution in [0.25, 0.3) is 0 Å². The molecule has 0 spiro atoms. The van der Waals surface area contributed by atoms with Gasteiger partial charge < -0.3 is 9.80 Å². The Hall–Kier alpha value is -0.660. The van der Waals surface area contributed by atoms with Crippen LogP contribution in [0.5, 0.6) is 0 Å². The van der Waals surface area contributed by atoms with Crippen molar-refractivity contribution in [1.29, 1.82) is 0 Å². The van der Waals surface area contributed by atoms with E-state index < -0.39 is 15.3 Å². The van der Waals surface area contributed by atoms with Gasteiger partial charge in [-0.05, 0) is 39.8 Å². The highest BCUT2D eigenvalue weighted by Gasteiger charge is 2.35. The van der Waals surface area contributed by atoms with E-state index in [1.807, 2.05) is 19.0 Å². The molecule has 1 aliphatic heterocycles. The summed E-state index contributed by atoms with van der Waals surface area (Å²) >= 11 is 0. The van der Waals surface area contributed by atoms with Gasteiger partial charge in [0.15, 0.2) is 0 Å². The summed E-state index contributed by atoms with van der Waals surface area (Å²) in [7, 11) is 0.488. The van der Waals surface area contributed by atoms with E-state index in [4.69, 9.17) is 0 Å². The van der Waals surface area contributed by atoms with Crippen molar-refractivity contribution < 1.29 is 13.2 Å². The number of nitrogens with zero attached hydrogens (tertiary/aromatic N) is 2. The molecular weight excluding hydrogens is 302 g/mol. The molecule has 2 aliphatic rings. The van der Waals surface area contributed by atoms with Crippen LogP contribution in [-0.2, 0) is 14.8 Å². The SMILES string of the molecule is CN(C)CCNS(=O)(=O)[C@H]1CCCN(C(=O)C2CCCC2)C1. The number of likely N-dealkylation sites (tertiary alicyclic amines) is 1. The second-order valence-corrected chi connectivity index (χ2v) is 8.82. The van der Waals surface area contributed by atoms with Gasteiger partial charge in [-0.25, -0.2) is 13.1 Å². The lowest BCUT2D eigenvalue weighted by molar-refractivity contribution is -0.136. The molecule has 2 fully saturated rings. The number of likely N-dealkylation sites (N-methyl/N-ethyl adjacent to an activating group) is 1. The molecule has 0 aromatic rings. The first-order chi connectivity index (χ1) is 10.4. The van der Waals surface area contributed by atoms with Gasteiger partial charge >= 0.3 is 0 Å². The Morgan fingerprint density at radius 2 is 1.86 bits per heavy atom. The summed E-state index contributed by atoms with van der Waals surface area (Å²) in [5.74, 6) is 0.300. The molecule has 0 aromatic heterocycles. The van der Waals surface area contributed by atoms with E-state index in [9.17, 15) is 13.2 Å². The van der Waals surface area contributed by atoms with Crippen molar-refractivity contribution in [3.8, 4) is 0 Å². The molecule has 7 heteroatoms. The molecule has 0 aromatic carbocycles. The van der Waals surface area contributed by atoms with Crippen LogP contribution in [0, 0.1) is 5.92 Å². The fourth-order valence-corrected chi connectivity index (χ4v) is 4.82. The van der Waals surface area contributed by atoms with Crippen LogP contribution >= 0.6 is 0 Å². The molecule has 0 radical (unpaired) electrons. The van der Waals surface area contributed by atoms with Crippen molar-refractivity contribution in [2.75, 3.05) is 40.3 Å². The van der Waals surface area contributed by atoms with Gasteiger partial charge in [0.05, 0.1) is 5.25 Å². The predicted molar refractivity (Wildman–Crippen MR) is 87.0 cm³/mol. The summed E-state index contributed by atoms with van der Waals surface area (Å²) in [6.45, 7) is 2.16. The Balaban J connectivity index is 1.90. The number of nitrogens with one attached hydrogen (secondary N) is 1. The lowest BCUT2D eigenvalue weighted by atomic mass is 10.0. The molecular formula is C15H29N3O3S. The van der Waals surface area contributed by atoms with Crippen LogP contribution in [0.15, 0.2) is 0 Å². The standard InChI is InChI=1S/C15H29N3O3S/c1-17(2)11-9-16-22(20,21)14-8-5-10-18(12-14)15(19)13-6-3-4-7-13/h13-14,16H,3-12H2,1-2H3/t14-/m0/s1. The minimum atomic E-state index is -3.34. The smallest absolute Gasteiger partial charge is 0.225 e. The zero-order chi connectivity index (χ0) is 16.2. The van der Waals surface area contributed by atoms with Crippen molar-refractivity contribution in [3.05, 3.63) is 0 Å². The molecule has 1 amide bonds. The maximum atomic E-state index is 12.5. The van der Waals surface area contributed by atoms with Gasteiger partial charge in [0, 0.05) is 32.1 Å². The van der Waals surface area contributed by atoms with E-state index in [0.29, 0.717) is 32.6 Å². The van der Waals surface area contributed by atoms with Gasteiger partial charge in [0.2, 0.25) is 15.9 Å². The van der Waals surface area contributed by atoms with Crippen LogP contribution in [0.1, 0.15) is 38.5 Å². The van der Waals surface area contributed by atoms with Gasteiger partial charge in [-0.15, -0.1) is 0 Å². The summed E-state index contributed by atoms with van der Waals surface area (Å²) in [4.78, 5) is 16.2. The Kier molecular flexibility index (Phi) is 6.23. The van der Waals surface area contributed by atoms with Crippen molar-refractivity contribution in [2.24, 2.45) is 5.92 Å². The van der Waals surface area contributed by atoms with Crippen molar-refractivity contribution >= 4 is 15.9 Å². The Morgan fingerprint density at radius 1 is 1.18 bits per heavy atom. The third kappa shape index (κ3) is 4.67. The highest BCUT2D eigenvalue weighted by Crippen LogP contribution is 2.28. The van der Waals surface area contributed by atoms with E-state index in [1.54, 1.807) is 4.90 Å². The fraction of sp³-hybridized carbons (Fsp3) is 0.933. The number of carbonyl (C=O) groups is 1. The fourth-order valence-electron chi connectivity index (χ4n) is 3.35. The maximum absolute atomic E-state index is 12.5. The third-order valence-corrected chi connectivity index (χ3v) is 6.56. The molecule has 1 atom stereocenters. The second kappa shape index (κ2) is 7.75. The number of hydrogen-bond donors (Lipinski definition) is 1. The highest BCUT2D eigenvalue weighted by molar-refractivity contribution is 7.90. The highest BCUT2D eigenvalue weighted by atomic mass is 32.2. The average molecular weight is 331 g/mol. The molecule has 1 N–H and O–H groups in total. The van der Waals surface area contributed by atoms with Crippen molar-refractivity contribution in [3.63, 3.8) is 0 Å². The number of carbonyl (C=O) groups excluding carboxylic acids is 1. The largest absolute Gasteiger partial charge is 0.341 e. The number of amides is 1. The molecule has 0 unspecified atom stereocenters. The normalized spacial score (nSPS) is 24.1. The minimum absolute atomic E-state index is 0.128. The first-order valence-corrected chi connectivity index (χ1v) is 9.87. The maximum Gasteiger partial charge on any atom is 0.225 e. The molecule has 6 nitrogen and oxygen atoms in total. The number of rotatable bonds is 6. The van der Waals surface area contributed by atoms with Gasteiger partial charge in [-0.3, -0.25) is 4.79 Å².